The van der Waals surface area contributed by atoms with Crippen molar-refractivity contribution in [3.8, 4) is 0 Å². The average Bonchev–Trinajstić information content (AvgIpc) is 2.60. The maximum Gasteiger partial charge on any atom is 0.326 e. The smallest absolute Gasteiger partial charge is 0.326 e. The number of rotatable bonds is 13. The Labute approximate surface area is 174 Å². The number of amides is 3. The standard InChI is InChI=1S/C17H30N4O7S/c1-8(2)6-11(17(27)28)20-15(25)10(4-5-13(22)23)19-16(26)12(7-29)21-14(24)9(3)18/h8-12,29H,4-7,18H2,1-3H3,(H,19,26)(H,20,25)(H,21,24)(H,22,23)(H,27,28). The van der Waals surface area contributed by atoms with Crippen LogP contribution in [0.25, 0.3) is 0 Å². The number of nitrogens with two attached hydrogens (primary N) is 1. The number of nitrogens with one attached hydrogen (secondary N) is 3. The van der Waals surface area contributed by atoms with Crippen molar-refractivity contribution in [1.82, 2.24) is 16.0 Å². The molecule has 0 radical (unpaired) electrons. The number of carbonyl (C=O) groups is 5. The van der Waals surface area contributed by atoms with Gasteiger partial charge in [0.15, 0.2) is 0 Å². The molecule has 0 aliphatic rings. The molecule has 4 atom stereocenters. The molecule has 0 aromatic carbocycles. The summed E-state index contributed by atoms with van der Waals surface area (Å²) in [5, 5.41) is 25.2. The molecule has 0 aromatic rings. The van der Waals surface area contributed by atoms with Gasteiger partial charge in [0, 0.05) is 12.2 Å². The summed E-state index contributed by atoms with van der Waals surface area (Å²) in [7, 11) is 0. The topological polar surface area (TPSA) is 188 Å². The molecular formula is C17H30N4O7S. The summed E-state index contributed by atoms with van der Waals surface area (Å²) in [5.41, 5.74) is 5.44. The maximum absolute atomic E-state index is 12.5. The van der Waals surface area contributed by atoms with Gasteiger partial charge in [0.1, 0.15) is 18.1 Å². The van der Waals surface area contributed by atoms with Crippen molar-refractivity contribution in [2.24, 2.45) is 11.7 Å². The third kappa shape index (κ3) is 10.7. The highest BCUT2D eigenvalue weighted by Gasteiger charge is 2.30. The number of aliphatic carboxylic acids is 2. The molecule has 0 rings (SSSR count). The van der Waals surface area contributed by atoms with Crippen LogP contribution in [0.5, 0.6) is 0 Å². The van der Waals surface area contributed by atoms with Crippen molar-refractivity contribution in [2.75, 3.05) is 5.75 Å². The fourth-order valence-corrected chi connectivity index (χ4v) is 2.53. The lowest BCUT2D eigenvalue weighted by molar-refractivity contribution is -0.143. The summed E-state index contributed by atoms with van der Waals surface area (Å²) in [5.74, 6) is -4.75. The van der Waals surface area contributed by atoms with Gasteiger partial charge in [-0.1, -0.05) is 13.8 Å². The van der Waals surface area contributed by atoms with E-state index in [1.165, 1.54) is 6.92 Å². The summed E-state index contributed by atoms with van der Waals surface area (Å²) in [6, 6.07) is -4.47. The van der Waals surface area contributed by atoms with Gasteiger partial charge in [-0.25, -0.2) is 4.79 Å². The molecule has 29 heavy (non-hydrogen) atoms. The van der Waals surface area contributed by atoms with Gasteiger partial charge >= 0.3 is 11.9 Å². The van der Waals surface area contributed by atoms with E-state index in [9.17, 15) is 29.1 Å². The molecular weight excluding hydrogens is 404 g/mol. The number of carboxylic acids is 2. The zero-order valence-corrected chi connectivity index (χ0v) is 17.6. The van der Waals surface area contributed by atoms with Crippen molar-refractivity contribution >= 4 is 42.3 Å². The number of thiol groups is 1. The van der Waals surface area contributed by atoms with Gasteiger partial charge < -0.3 is 31.9 Å². The number of carbonyl (C=O) groups excluding carboxylic acids is 3. The van der Waals surface area contributed by atoms with E-state index in [4.69, 9.17) is 10.8 Å². The minimum Gasteiger partial charge on any atom is -0.481 e. The van der Waals surface area contributed by atoms with Crippen LogP contribution in [0.15, 0.2) is 0 Å². The van der Waals surface area contributed by atoms with Crippen LogP contribution in [0.4, 0.5) is 0 Å². The first-order chi connectivity index (χ1) is 13.4. The van der Waals surface area contributed by atoms with E-state index >= 15 is 0 Å². The molecule has 7 N–H and O–H groups in total. The van der Waals surface area contributed by atoms with E-state index in [0.717, 1.165) is 0 Å². The van der Waals surface area contributed by atoms with E-state index < -0.39 is 60.2 Å². The van der Waals surface area contributed by atoms with E-state index in [1.54, 1.807) is 13.8 Å². The van der Waals surface area contributed by atoms with Crippen LogP contribution in [0.2, 0.25) is 0 Å². The maximum atomic E-state index is 12.5. The Bertz CT molecular complexity index is 613. The van der Waals surface area contributed by atoms with Crippen LogP contribution < -0.4 is 21.7 Å². The first-order valence-electron chi connectivity index (χ1n) is 9.11. The predicted molar refractivity (Wildman–Crippen MR) is 107 cm³/mol. The van der Waals surface area contributed by atoms with Crippen LogP contribution in [-0.2, 0) is 24.0 Å². The van der Waals surface area contributed by atoms with Gasteiger partial charge in [-0.3, -0.25) is 19.2 Å². The van der Waals surface area contributed by atoms with Gasteiger partial charge in [-0.2, -0.15) is 12.6 Å². The third-order valence-corrected chi connectivity index (χ3v) is 4.20. The monoisotopic (exact) mass is 434 g/mol. The molecule has 0 spiro atoms. The molecule has 12 heteroatoms. The van der Waals surface area contributed by atoms with E-state index in [1.807, 2.05) is 0 Å². The second-order valence-corrected chi connectivity index (χ2v) is 7.42. The minimum absolute atomic E-state index is 0.0227. The number of hydrogen-bond acceptors (Lipinski definition) is 7. The van der Waals surface area contributed by atoms with Crippen molar-refractivity contribution in [1.29, 1.82) is 0 Å². The van der Waals surface area contributed by atoms with Crippen LogP contribution in [0.1, 0.15) is 40.0 Å². The van der Waals surface area contributed by atoms with Crippen LogP contribution in [0.3, 0.4) is 0 Å². The lowest BCUT2D eigenvalue weighted by Gasteiger charge is -2.24. The molecule has 0 bridgehead atoms. The highest BCUT2D eigenvalue weighted by molar-refractivity contribution is 7.80. The van der Waals surface area contributed by atoms with Gasteiger partial charge in [-0.05, 0) is 25.7 Å². The number of hydrogen-bond donors (Lipinski definition) is 7. The van der Waals surface area contributed by atoms with Gasteiger partial charge in [0.05, 0.1) is 6.04 Å². The predicted octanol–water partition coefficient (Wildman–Crippen LogP) is -1.29. The molecule has 0 saturated heterocycles. The molecule has 0 heterocycles. The van der Waals surface area contributed by atoms with Gasteiger partial charge in [0.2, 0.25) is 17.7 Å². The average molecular weight is 435 g/mol. The lowest BCUT2D eigenvalue weighted by atomic mass is 10.0. The molecule has 0 aliphatic carbocycles. The second-order valence-electron chi connectivity index (χ2n) is 7.05. The molecule has 0 fully saturated rings. The van der Waals surface area contributed by atoms with E-state index in [2.05, 4.69) is 28.6 Å². The van der Waals surface area contributed by atoms with E-state index in [-0.39, 0.29) is 24.5 Å². The first kappa shape index (κ1) is 26.7. The van der Waals surface area contributed by atoms with Crippen molar-refractivity contribution < 1.29 is 34.2 Å². The van der Waals surface area contributed by atoms with E-state index in [0.29, 0.717) is 0 Å². The Morgan fingerprint density at radius 2 is 1.34 bits per heavy atom. The Hall–Kier alpha value is -2.34. The van der Waals surface area contributed by atoms with Gasteiger partial charge in [-0.15, -0.1) is 0 Å². The third-order valence-electron chi connectivity index (χ3n) is 3.83. The van der Waals surface area contributed by atoms with Crippen molar-refractivity contribution in [3.05, 3.63) is 0 Å². The largest absolute Gasteiger partial charge is 0.481 e. The van der Waals surface area contributed by atoms with Gasteiger partial charge in [0.25, 0.3) is 0 Å². The zero-order valence-electron chi connectivity index (χ0n) is 16.7. The highest BCUT2D eigenvalue weighted by Crippen LogP contribution is 2.07. The van der Waals surface area contributed by atoms with Crippen molar-refractivity contribution in [3.63, 3.8) is 0 Å². The fourth-order valence-electron chi connectivity index (χ4n) is 2.27. The summed E-state index contributed by atoms with van der Waals surface area (Å²) >= 11 is 3.99. The fraction of sp³-hybridized carbons (Fsp3) is 0.706. The zero-order chi connectivity index (χ0) is 22.7. The Balaban J connectivity index is 5.30. The Morgan fingerprint density at radius 1 is 0.862 bits per heavy atom. The molecule has 0 saturated carbocycles. The van der Waals surface area contributed by atoms with Crippen LogP contribution >= 0.6 is 12.6 Å². The summed E-state index contributed by atoms with van der Waals surface area (Å²) in [4.78, 5) is 58.9. The summed E-state index contributed by atoms with van der Waals surface area (Å²) in [6.45, 7) is 4.99. The SMILES string of the molecule is CC(C)CC(NC(=O)C(CCC(=O)O)NC(=O)C(CS)NC(=O)C(C)N)C(=O)O. The molecule has 0 aliphatic heterocycles. The molecule has 0 aromatic heterocycles. The highest BCUT2D eigenvalue weighted by atomic mass is 32.1. The van der Waals surface area contributed by atoms with Crippen LogP contribution in [-0.4, -0.2) is 69.8 Å². The molecule has 4 unspecified atom stereocenters. The minimum atomic E-state index is -1.30. The summed E-state index contributed by atoms with van der Waals surface area (Å²) in [6.07, 6.45) is -0.538. The van der Waals surface area contributed by atoms with Crippen LogP contribution in [0, 0.1) is 5.92 Å². The lowest BCUT2D eigenvalue weighted by Crippen LogP contribution is -2.57. The first-order valence-corrected chi connectivity index (χ1v) is 9.74. The quantitative estimate of drug-likeness (QED) is 0.174. The Kier molecular flexibility index (Phi) is 11.9. The molecule has 11 nitrogen and oxygen atoms in total. The number of carboxylic acid groups (broad SMARTS) is 2. The molecule has 3 amide bonds. The summed E-state index contributed by atoms with van der Waals surface area (Å²) < 4.78 is 0. The Morgan fingerprint density at radius 3 is 1.76 bits per heavy atom. The van der Waals surface area contributed by atoms with Crippen molar-refractivity contribution in [2.45, 2.75) is 64.2 Å². The molecule has 166 valence electrons. The second kappa shape index (κ2) is 13.0. The normalized spacial score (nSPS) is 15.0.